The molecule has 0 radical (unpaired) electrons. The van der Waals surface area contributed by atoms with E-state index in [-0.39, 0.29) is 30.1 Å². The van der Waals surface area contributed by atoms with Crippen LogP contribution in [0, 0.1) is 17.3 Å². The van der Waals surface area contributed by atoms with Gasteiger partial charge in [-0.3, -0.25) is 9.59 Å². The Kier molecular flexibility index (Phi) is 10.2. The van der Waals surface area contributed by atoms with E-state index in [1.165, 1.54) is 0 Å². The standard InChI is InChI=1S/C32H56N2O6/c1-22(35)33-28(3,4)18-24(19-29(33,5)6)32(27(39)40,17-15-13-11-12-14-16-26(37)38)25-20-30(7,8)34(23(2)36)31(9,10)21-25/h24-25H,11-21H2,1-10H3,(H,37,38)(H,39,40)/p-2. The van der Waals surface area contributed by atoms with Crippen molar-refractivity contribution in [1.29, 1.82) is 0 Å². The Morgan fingerprint density at radius 3 is 1.25 bits per heavy atom. The lowest BCUT2D eigenvalue weighted by atomic mass is 9.52. The Bertz CT molecular complexity index is 876. The van der Waals surface area contributed by atoms with Crippen molar-refractivity contribution >= 4 is 23.8 Å². The summed E-state index contributed by atoms with van der Waals surface area (Å²) in [4.78, 5) is 53.7. The van der Waals surface area contributed by atoms with Crippen LogP contribution in [0.3, 0.4) is 0 Å². The van der Waals surface area contributed by atoms with E-state index in [2.05, 4.69) is 0 Å². The molecule has 8 nitrogen and oxygen atoms in total. The van der Waals surface area contributed by atoms with E-state index in [0.29, 0.717) is 44.9 Å². The number of hydrogen-bond donors (Lipinski definition) is 0. The SMILES string of the molecule is CC(=O)N1C(C)(C)CC(C(CCCCCCCC(=O)[O-])(C(=O)[O-])C2CC(C)(C)N(C(C)=O)C(C)(C)C2)CC1(C)C. The minimum Gasteiger partial charge on any atom is -0.550 e. The molecule has 2 fully saturated rings. The van der Waals surface area contributed by atoms with Crippen LogP contribution in [0.4, 0.5) is 0 Å². The van der Waals surface area contributed by atoms with Gasteiger partial charge in [0.1, 0.15) is 0 Å². The molecule has 0 aromatic rings. The van der Waals surface area contributed by atoms with Crippen LogP contribution < -0.4 is 10.2 Å². The van der Waals surface area contributed by atoms with Gasteiger partial charge in [0.25, 0.3) is 0 Å². The van der Waals surface area contributed by atoms with Crippen molar-refractivity contribution in [3.05, 3.63) is 0 Å². The topological polar surface area (TPSA) is 121 Å². The third-order valence-electron chi connectivity index (χ3n) is 9.84. The molecule has 0 aliphatic carbocycles. The number of carbonyl (C=O) groups excluding carboxylic acids is 4. The van der Waals surface area contributed by atoms with Crippen LogP contribution in [-0.4, -0.2) is 55.7 Å². The highest BCUT2D eigenvalue weighted by Gasteiger charge is 2.59. The highest BCUT2D eigenvalue weighted by atomic mass is 16.4. The number of carboxylic acid groups (broad SMARTS) is 2. The van der Waals surface area contributed by atoms with Crippen LogP contribution >= 0.6 is 0 Å². The number of rotatable bonds is 11. The quantitative estimate of drug-likeness (QED) is 0.353. The Labute approximate surface area is 242 Å². The van der Waals surface area contributed by atoms with E-state index >= 15 is 0 Å². The summed E-state index contributed by atoms with van der Waals surface area (Å²) < 4.78 is 0. The Hall–Kier alpha value is -2.12. The van der Waals surface area contributed by atoms with Gasteiger partial charge in [0, 0.05) is 53.4 Å². The van der Waals surface area contributed by atoms with E-state index in [4.69, 9.17) is 0 Å². The summed E-state index contributed by atoms with van der Waals surface area (Å²) in [6.45, 7) is 19.4. The molecule has 0 aromatic heterocycles. The van der Waals surface area contributed by atoms with E-state index in [1.807, 2.05) is 65.2 Å². The molecule has 2 amide bonds. The summed E-state index contributed by atoms with van der Waals surface area (Å²) in [5.74, 6) is -2.51. The summed E-state index contributed by atoms with van der Waals surface area (Å²) in [5, 5.41) is 24.3. The second kappa shape index (κ2) is 12.0. The molecule has 2 saturated heterocycles. The molecule has 0 N–H and O–H groups in total. The van der Waals surface area contributed by atoms with Crippen molar-refractivity contribution in [2.75, 3.05) is 0 Å². The van der Waals surface area contributed by atoms with Crippen LogP contribution in [0.2, 0.25) is 0 Å². The summed E-state index contributed by atoms with van der Waals surface area (Å²) in [7, 11) is 0. The number of carbonyl (C=O) groups is 4. The molecule has 40 heavy (non-hydrogen) atoms. The van der Waals surface area contributed by atoms with Crippen molar-refractivity contribution in [3.63, 3.8) is 0 Å². The largest absolute Gasteiger partial charge is 0.550 e. The van der Waals surface area contributed by atoms with E-state index in [9.17, 15) is 29.4 Å². The van der Waals surface area contributed by atoms with Crippen molar-refractivity contribution < 1.29 is 29.4 Å². The van der Waals surface area contributed by atoms with Crippen LogP contribution in [0.1, 0.15) is 140 Å². The molecular formula is C32H54N2O6-2. The average molecular weight is 563 g/mol. The van der Waals surface area contributed by atoms with Gasteiger partial charge in [-0.1, -0.05) is 25.7 Å². The number of aliphatic carboxylic acids is 2. The van der Waals surface area contributed by atoms with Gasteiger partial charge < -0.3 is 29.6 Å². The summed E-state index contributed by atoms with van der Waals surface area (Å²) in [6.07, 6.45) is 6.40. The summed E-state index contributed by atoms with van der Waals surface area (Å²) in [6, 6.07) is 0. The van der Waals surface area contributed by atoms with Gasteiger partial charge in [-0.15, -0.1) is 0 Å². The Morgan fingerprint density at radius 1 is 0.625 bits per heavy atom. The second-order valence-corrected chi connectivity index (χ2v) is 15.1. The third-order valence-corrected chi connectivity index (χ3v) is 9.84. The Morgan fingerprint density at radius 2 is 0.950 bits per heavy atom. The zero-order chi connectivity index (χ0) is 30.9. The summed E-state index contributed by atoms with van der Waals surface area (Å²) >= 11 is 0. The number of carboxylic acids is 2. The lowest BCUT2D eigenvalue weighted by molar-refractivity contribution is -0.330. The number of hydrogen-bond acceptors (Lipinski definition) is 6. The Balaban J connectivity index is 2.53. The highest BCUT2D eigenvalue weighted by Crippen LogP contribution is 2.58. The average Bonchev–Trinajstić information content (AvgIpc) is 2.70. The smallest absolute Gasteiger partial charge is 0.220 e. The minimum atomic E-state index is -1.13. The van der Waals surface area contributed by atoms with Crippen molar-refractivity contribution in [3.8, 4) is 0 Å². The first-order valence-corrected chi connectivity index (χ1v) is 15.1. The molecule has 0 atom stereocenters. The van der Waals surface area contributed by atoms with Gasteiger partial charge in [-0.05, 0) is 112 Å². The van der Waals surface area contributed by atoms with E-state index in [0.717, 1.165) is 19.3 Å². The fraction of sp³-hybridized carbons (Fsp3) is 0.875. The van der Waals surface area contributed by atoms with Crippen molar-refractivity contribution in [2.24, 2.45) is 17.3 Å². The molecule has 2 aliphatic heterocycles. The normalized spacial score (nSPS) is 22.6. The van der Waals surface area contributed by atoms with Crippen LogP contribution in [0.25, 0.3) is 0 Å². The maximum atomic E-state index is 13.6. The van der Waals surface area contributed by atoms with Gasteiger partial charge in [0.05, 0.1) is 0 Å². The lowest BCUT2D eigenvalue weighted by Gasteiger charge is -2.64. The maximum absolute atomic E-state index is 13.6. The first-order valence-electron chi connectivity index (χ1n) is 15.1. The predicted molar refractivity (Wildman–Crippen MR) is 152 cm³/mol. The van der Waals surface area contributed by atoms with E-state index in [1.54, 1.807) is 13.8 Å². The number of piperidine rings is 2. The molecule has 0 bridgehead atoms. The molecule has 0 spiro atoms. The first-order chi connectivity index (χ1) is 18.1. The third kappa shape index (κ3) is 7.02. The van der Waals surface area contributed by atoms with Crippen LogP contribution in [0.5, 0.6) is 0 Å². The maximum Gasteiger partial charge on any atom is 0.220 e. The van der Waals surface area contributed by atoms with Gasteiger partial charge >= 0.3 is 0 Å². The highest BCUT2D eigenvalue weighted by molar-refractivity contribution is 5.77. The zero-order valence-electron chi connectivity index (χ0n) is 26.8. The molecular weight excluding hydrogens is 508 g/mol. The molecule has 230 valence electrons. The molecule has 8 heteroatoms. The second-order valence-electron chi connectivity index (χ2n) is 15.1. The molecule has 0 unspecified atom stereocenters. The first kappa shape index (κ1) is 34.1. The predicted octanol–water partition coefficient (Wildman–Crippen LogP) is 3.83. The monoisotopic (exact) mass is 562 g/mol. The molecule has 0 saturated carbocycles. The molecule has 2 rings (SSSR count). The molecule has 2 aliphatic rings. The van der Waals surface area contributed by atoms with E-state index < -0.39 is 39.5 Å². The fourth-order valence-electron chi connectivity index (χ4n) is 9.39. The fourth-order valence-corrected chi connectivity index (χ4v) is 9.39. The van der Waals surface area contributed by atoms with Crippen molar-refractivity contribution in [2.45, 2.75) is 162 Å². The minimum absolute atomic E-state index is 0.0129. The van der Waals surface area contributed by atoms with Gasteiger partial charge in [-0.25, -0.2) is 0 Å². The number of nitrogens with zero attached hydrogens (tertiary/aromatic N) is 2. The van der Waals surface area contributed by atoms with Crippen molar-refractivity contribution in [1.82, 2.24) is 9.80 Å². The molecule has 2 heterocycles. The van der Waals surface area contributed by atoms with Crippen LogP contribution in [-0.2, 0) is 19.2 Å². The van der Waals surface area contributed by atoms with Crippen LogP contribution in [0.15, 0.2) is 0 Å². The number of unbranched alkanes of at least 4 members (excludes halogenated alkanes) is 4. The van der Waals surface area contributed by atoms with Gasteiger partial charge in [-0.2, -0.15) is 0 Å². The van der Waals surface area contributed by atoms with Gasteiger partial charge in [0.15, 0.2) is 0 Å². The zero-order valence-corrected chi connectivity index (χ0v) is 26.8. The number of likely N-dealkylation sites (tertiary alicyclic amines) is 2. The molecule has 0 aromatic carbocycles. The lowest BCUT2D eigenvalue weighted by Crippen LogP contribution is -2.69. The number of amides is 2. The summed E-state index contributed by atoms with van der Waals surface area (Å²) in [5.41, 5.74) is -3.26. The van der Waals surface area contributed by atoms with Gasteiger partial charge in [0.2, 0.25) is 11.8 Å².